The van der Waals surface area contributed by atoms with Crippen molar-refractivity contribution in [1.29, 1.82) is 0 Å². The molecule has 110 valence electrons. The number of amides is 2. The van der Waals surface area contributed by atoms with Crippen molar-refractivity contribution in [3.8, 4) is 0 Å². The van der Waals surface area contributed by atoms with E-state index in [0.717, 1.165) is 32.6 Å². The van der Waals surface area contributed by atoms with Gasteiger partial charge in [-0.2, -0.15) is 0 Å². The minimum Gasteiger partial charge on any atom is -0.381 e. The second-order valence-electron chi connectivity index (χ2n) is 5.77. The Morgan fingerprint density at radius 2 is 1.95 bits per heavy atom. The molecule has 2 aliphatic heterocycles. The molecular weight excluding hydrogens is 242 g/mol. The number of rotatable bonds is 4. The Kier molecular flexibility index (Phi) is 5.92. The highest BCUT2D eigenvalue weighted by atomic mass is 16.5. The molecule has 1 atom stereocenters. The van der Waals surface area contributed by atoms with Crippen LogP contribution < -0.4 is 10.6 Å². The molecule has 2 aliphatic rings. The molecule has 5 heteroatoms. The predicted molar refractivity (Wildman–Crippen MR) is 75.3 cm³/mol. The van der Waals surface area contributed by atoms with E-state index in [4.69, 9.17) is 4.74 Å². The second-order valence-corrected chi connectivity index (χ2v) is 5.77. The van der Waals surface area contributed by atoms with E-state index in [0.29, 0.717) is 0 Å². The largest absolute Gasteiger partial charge is 0.381 e. The number of hydrogen-bond donors (Lipinski definition) is 2. The topological polar surface area (TPSA) is 53.6 Å². The van der Waals surface area contributed by atoms with Crippen molar-refractivity contribution in [3.63, 3.8) is 0 Å². The normalized spacial score (nSPS) is 23.8. The van der Waals surface area contributed by atoms with Gasteiger partial charge in [-0.25, -0.2) is 4.79 Å². The van der Waals surface area contributed by atoms with Gasteiger partial charge in [-0.3, -0.25) is 0 Å². The van der Waals surface area contributed by atoms with E-state index in [9.17, 15) is 4.79 Å². The number of carbonyl (C=O) groups is 1. The van der Waals surface area contributed by atoms with E-state index in [-0.39, 0.29) is 18.1 Å². The van der Waals surface area contributed by atoms with E-state index in [1.165, 1.54) is 32.4 Å². The van der Waals surface area contributed by atoms with Crippen molar-refractivity contribution in [2.24, 2.45) is 0 Å². The Labute approximate surface area is 116 Å². The van der Waals surface area contributed by atoms with Crippen LogP contribution in [0.4, 0.5) is 4.79 Å². The van der Waals surface area contributed by atoms with Crippen molar-refractivity contribution in [2.45, 2.75) is 51.1 Å². The Hall–Kier alpha value is -0.810. The number of nitrogens with zero attached hydrogens (tertiary/aromatic N) is 1. The molecule has 5 nitrogen and oxygen atoms in total. The maximum atomic E-state index is 11.9. The van der Waals surface area contributed by atoms with Gasteiger partial charge in [0.25, 0.3) is 0 Å². The van der Waals surface area contributed by atoms with Crippen LogP contribution in [0.25, 0.3) is 0 Å². The lowest BCUT2D eigenvalue weighted by atomic mass is 10.1. The summed E-state index contributed by atoms with van der Waals surface area (Å²) in [5.74, 6) is 0. The summed E-state index contributed by atoms with van der Waals surface area (Å²) >= 11 is 0. The van der Waals surface area contributed by atoms with Crippen LogP contribution in [-0.2, 0) is 4.74 Å². The first kappa shape index (κ1) is 14.6. The summed E-state index contributed by atoms with van der Waals surface area (Å²) in [6, 6.07) is 0.449. The Morgan fingerprint density at radius 1 is 1.26 bits per heavy atom. The van der Waals surface area contributed by atoms with Crippen LogP contribution in [0.2, 0.25) is 0 Å². The van der Waals surface area contributed by atoms with Crippen LogP contribution in [0.15, 0.2) is 0 Å². The highest BCUT2D eigenvalue weighted by Crippen LogP contribution is 2.09. The third-order valence-corrected chi connectivity index (χ3v) is 3.91. The minimum absolute atomic E-state index is 0.0311. The first-order chi connectivity index (χ1) is 9.24. The van der Waals surface area contributed by atoms with Crippen LogP contribution in [0, 0.1) is 0 Å². The van der Waals surface area contributed by atoms with Crippen molar-refractivity contribution in [2.75, 3.05) is 32.8 Å². The number of nitrogens with one attached hydrogen (secondary N) is 2. The molecule has 2 rings (SSSR count). The Bertz CT molecular complexity index is 274. The zero-order valence-corrected chi connectivity index (χ0v) is 12.0. The van der Waals surface area contributed by atoms with Crippen LogP contribution in [0.3, 0.4) is 0 Å². The van der Waals surface area contributed by atoms with Crippen LogP contribution in [0.1, 0.15) is 39.0 Å². The molecule has 0 aromatic rings. The summed E-state index contributed by atoms with van der Waals surface area (Å²) in [4.78, 5) is 14.3. The molecule has 2 saturated heterocycles. The van der Waals surface area contributed by atoms with Gasteiger partial charge in [-0.1, -0.05) is 6.42 Å². The average Bonchev–Trinajstić information content (AvgIpc) is 2.40. The number of likely N-dealkylation sites (tertiary alicyclic amines) is 1. The van der Waals surface area contributed by atoms with E-state index in [1.807, 2.05) is 0 Å². The minimum atomic E-state index is -0.0311. The van der Waals surface area contributed by atoms with Gasteiger partial charge in [0.1, 0.15) is 0 Å². The van der Waals surface area contributed by atoms with Gasteiger partial charge in [-0.05, 0) is 45.7 Å². The Morgan fingerprint density at radius 3 is 2.63 bits per heavy atom. The fourth-order valence-corrected chi connectivity index (χ4v) is 2.87. The average molecular weight is 269 g/mol. The van der Waals surface area contributed by atoms with E-state index in [2.05, 4.69) is 22.5 Å². The molecule has 2 amide bonds. The second kappa shape index (κ2) is 7.70. The fourth-order valence-electron chi connectivity index (χ4n) is 2.87. The SMILES string of the molecule is CC(CN1CCCCC1)NC(=O)NC1CCOCC1. The molecular formula is C14H27N3O2. The highest BCUT2D eigenvalue weighted by molar-refractivity contribution is 5.74. The van der Waals surface area contributed by atoms with Crippen LogP contribution >= 0.6 is 0 Å². The van der Waals surface area contributed by atoms with Crippen LogP contribution in [-0.4, -0.2) is 55.9 Å². The lowest BCUT2D eigenvalue weighted by Gasteiger charge is -2.30. The van der Waals surface area contributed by atoms with Gasteiger partial charge in [0.2, 0.25) is 0 Å². The monoisotopic (exact) mass is 269 g/mol. The summed E-state index contributed by atoms with van der Waals surface area (Å²) in [5, 5.41) is 6.08. The van der Waals surface area contributed by atoms with Gasteiger partial charge in [0.05, 0.1) is 0 Å². The van der Waals surface area contributed by atoms with Gasteiger partial charge in [0.15, 0.2) is 0 Å². The van der Waals surface area contributed by atoms with Gasteiger partial charge in [-0.15, -0.1) is 0 Å². The highest BCUT2D eigenvalue weighted by Gasteiger charge is 2.18. The van der Waals surface area contributed by atoms with E-state index in [1.54, 1.807) is 0 Å². The predicted octanol–water partition coefficient (Wildman–Crippen LogP) is 1.34. The van der Waals surface area contributed by atoms with Gasteiger partial charge in [0, 0.05) is 31.8 Å². The Balaban J connectivity index is 1.63. The summed E-state index contributed by atoms with van der Waals surface area (Å²) in [6.45, 7) is 6.91. The number of ether oxygens (including phenoxy) is 1. The summed E-state index contributed by atoms with van der Waals surface area (Å²) in [6.07, 6.45) is 5.78. The lowest BCUT2D eigenvalue weighted by Crippen LogP contribution is -2.50. The molecule has 0 aromatic heterocycles. The first-order valence-corrected chi connectivity index (χ1v) is 7.61. The zero-order valence-electron chi connectivity index (χ0n) is 12.0. The molecule has 2 N–H and O–H groups in total. The fraction of sp³-hybridized carbons (Fsp3) is 0.929. The number of carbonyl (C=O) groups excluding carboxylic acids is 1. The molecule has 0 spiro atoms. The van der Waals surface area contributed by atoms with Crippen LogP contribution in [0.5, 0.6) is 0 Å². The smallest absolute Gasteiger partial charge is 0.315 e. The zero-order chi connectivity index (χ0) is 13.5. The molecule has 0 radical (unpaired) electrons. The van der Waals surface area contributed by atoms with Crippen molar-refractivity contribution in [3.05, 3.63) is 0 Å². The number of piperidine rings is 1. The van der Waals surface area contributed by atoms with E-state index < -0.39 is 0 Å². The molecule has 2 heterocycles. The standard InChI is InChI=1S/C14H27N3O2/c1-12(11-17-7-3-2-4-8-17)15-14(18)16-13-5-9-19-10-6-13/h12-13H,2-11H2,1H3,(H2,15,16,18). The van der Waals surface area contributed by atoms with E-state index >= 15 is 0 Å². The molecule has 0 aromatic carbocycles. The summed E-state index contributed by atoms with van der Waals surface area (Å²) in [5.41, 5.74) is 0. The summed E-state index contributed by atoms with van der Waals surface area (Å²) < 4.78 is 5.28. The summed E-state index contributed by atoms with van der Waals surface area (Å²) in [7, 11) is 0. The molecule has 1 unspecified atom stereocenters. The third kappa shape index (κ3) is 5.37. The van der Waals surface area contributed by atoms with Crippen molar-refractivity contribution >= 4 is 6.03 Å². The molecule has 0 bridgehead atoms. The van der Waals surface area contributed by atoms with Gasteiger partial charge >= 0.3 is 6.03 Å². The third-order valence-electron chi connectivity index (χ3n) is 3.91. The van der Waals surface area contributed by atoms with Crippen molar-refractivity contribution in [1.82, 2.24) is 15.5 Å². The number of urea groups is 1. The molecule has 2 fully saturated rings. The first-order valence-electron chi connectivity index (χ1n) is 7.61. The number of hydrogen-bond acceptors (Lipinski definition) is 3. The van der Waals surface area contributed by atoms with Crippen molar-refractivity contribution < 1.29 is 9.53 Å². The maximum Gasteiger partial charge on any atom is 0.315 e. The lowest BCUT2D eigenvalue weighted by molar-refractivity contribution is 0.0799. The molecule has 0 aliphatic carbocycles. The molecule has 0 saturated carbocycles. The quantitative estimate of drug-likeness (QED) is 0.810. The van der Waals surface area contributed by atoms with Gasteiger partial charge < -0.3 is 20.3 Å². The molecule has 19 heavy (non-hydrogen) atoms. The maximum absolute atomic E-state index is 11.9.